The minimum atomic E-state index is -0.935. The molecule has 0 radical (unpaired) electrons. The number of nitrogens with zero attached hydrogens (tertiary/aromatic N) is 2. The van der Waals surface area contributed by atoms with Crippen molar-refractivity contribution in [1.29, 1.82) is 0 Å². The molecule has 0 aliphatic carbocycles. The van der Waals surface area contributed by atoms with Gasteiger partial charge in [0, 0.05) is 12.1 Å². The number of aryl methyl sites for hydroxylation is 1. The van der Waals surface area contributed by atoms with Crippen molar-refractivity contribution in [3.05, 3.63) is 28.8 Å². The van der Waals surface area contributed by atoms with Crippen LogP contribution >= 0.6 is 11.3 Å². The van der Waals surface area contributed by atoms with Gasteiger partial charge in [0.2, 0.25) is 0 Å². The minimum absolute atomic E-state index is 0.294. The summed E-state index contributed by atoms with van der Waals surface area (Å²) in [6.45, 7) is 9.50. The summed E-state index contributed by atoms with van der Waals surface area (Å²) in [5, 5.41) is 10.0. The third kappa shape index (κ3) is 4.74. The van der Waals surface area contributed by atoms with Gasteiger partial charge in [0.25, 0.3) is 0 Å². The number of likely N-dealkylation sites (N-methyl/N-ethyl adjacent to an activating group) is 1. The Morgan fingerprint density at radius 3 is 2.50 bits per heavy atom. The van der Waals surface area contributed by atoms with Gasteiger partial charge in [0.1, 0.15) is 16.5 Å². The van der Waals surface area contributed by atoms with Crippen LogP contribution in [0.25, 0.3) is 10.6 Å². The van der Waals surface area contributed by atoms with Gasteiger partial charge in [0.05, 0.1) is 12.8 Å². The summed E-state index contributed by atoms with van der Waals surface area (Å²) in [6.07, 6.45) is 0.585. The third-order valence-corrected chi connectivity index (χ3v) is 5.33. The fourth-order valence-corrected chi connectivity index (χ4v) is 3.62. The summed E-state index contributed by atoms with van der Waals surface area (Å²) in [5.74, 6) is 0.358. The van der Waals surface area contributed by atoms with Crippen LogP contribution < -0.4 is 9.47 Å². The Morgan fingerprint density at radius 2 is 1.96 bits per heavy atom. The molecule has 0 spiro atoms. The monoisotopic (exact) mass is 378 g/mol. The van der Waals surface area contributed by atoms with E-state index in [0.29, 0.717) is 40.1 Å². The molecule has 1 heterocycles. The van der Waals surface area contributed by atoms with Gasteiger partial charge in [-0.05, 0) is 37.7 Å². The van der Waals surface area contributed by atoms with Gasteiger partial charge in [-0.2, -0.15) is 0 Å². The van der Waals surface area contributed by atoms with Crippen molar-refractivity contribution in [2.24, 2.45) is 0 Å². The van der Waals surface area contributed by atoms with Gasteiger partial charge < -0.3 is 19.5 Å². The van der Waals surface area contributed by atoms with Gasteiger partial charge in [0.15, 0.2) is 11.5 Å². The first-order valence-corrected chi connectivity index (χ1v) is 9.62. The molecule has 0 saturated carbocycles. The van der Waals surface area contributed by atoms with Crippen LogP contribution in [-0.4, -0.2) is 54.3 Å². The summed E-state index contributed by atoms with van der Waals surface area (Å²) in [7, 11) is 1.60. The van der Waals surface area contributed by atoms with Crippen LogP contribution in [0.2, 0.25) is 0 Å². The van der Waals surface area contributed by atoms with Crippen molar-refractivity contribution in [3.63, 3.8) is 0 Å². The van der Waals surface area contributed by atoms with Gasteiger partial charge >= 0.3 is 5.97 Å². The van der Waals surface area contributed by atoms with Gasteiger partial charge in [-0.1, -0.05) is 20.8 Å². The lowest BCUT2D eigenvalue weighted by molar-refractivity contribution is 0.0701. The molecule has 0 saturated heterocycles. The van der Waals surface area contributed by atoms with E-state index in [-0.39, 0.29) is 0 Å². The fraction of sp³-hybridized carbons (Fsp3) is 0.474. The molecule has 0 aliphatic heterocycles. The minimum Gasteiger partial charge on any atom is -0.493 e. The zero-order valence-electron chi connectivity index (χ0n) is 15.7. The van der Waals surface area contributed by atoms with E-state index in [4.69, 9.17) is 9.47 Å². The van der Waals surface area contributed by atoms with Crippen molar-refractivity contribution in [1.82, 2.24) is 9.88 Å². The van der Waals surface area contributed by atoms with Crippen LogP contribution in [0.15, 0.2) is 18.2 Å². The molecule has 0 aliphatic rings. The molecule has 142 valence electrons. The molecule has 6 nitrogen and oxygen atoms in total. The molecule has 1 N–H and O–H groups in total. The Bertz CT molecular complexity index is 741. The molecule has 1 aromatic heterocycles. The van der Waals surface area contributed by atoms with Crippen LogP contribution in [-0.2, 0) is 6.42 Å². The second-order valence-electron chi connectivity index (χ2n) is 5.69. The highest BCUT2D eigenvalue weighted by molar-refractivity contribution is 7.17. The van der Waals surface area contributed by atoms with Crippen molar-refractivity contribution in [2.45, 2.75) is 27.2 Å². The number of aromatic carboxylic acids is 1. The molecule has 1 aromatic carbocycles. The number of carbonyl (C=O) groups is 1. The molecule has 0 fully saturated rings. The van der Waals surface area contributed by atoms with Crippen LogP contribution in [0.1, 0.15) is 36.1 Å². The first-order chi connectivity index (χ1) is 12.5. The summed E-state index contributed by atoms with van der Waals surface area (Å²) < 4.78 is 11.3. The molecular formula is C19H26N2O4S. The SMILES string of the molecule is CCc1nc(-c2ccc(OC)c(OCCN(CC)CC)c2)sc1C(=O)O. The summed E-state index contributed by atoms with van der Waals surface area (Å²) in [5.41, 5.74) is 1.44. The quantitative estimate of drug-likeness (QED) is 0.678. The molecule has 7 heteroatoms. The van der Waals surface area contributed by atoms with Crippen molar-refractivity contribution >= 4 is 17.3 Å². The van der Waals surface area contributed by atoms with Crippen LogP contribution in [0.5, 0.6) is 11.5 Å². The predicted molar refractivity (Wildman–Crippen MR) is 104 cm³/mol. The van der Waals surface area contributed by atoms with Crippen molar-refractivity contribution in [2.75, 3.05) is 33.4 Å². The fourth-order valence-electron chi connectivity index (χ4n) is 2.63. The van der Waals surface area contributed by atoms with E-state index in [1.54, 1.807) is 7.11 Å². The van der Waals surface area contributed by atoms with Gasteiger partial charge in [-0.3, -0.25) is 0 Å². The van der Waals surface area contributed by atoms with Crippen molar-refractivity contribution < 1.29 is 19.4 Å². The van der Waals surface area contributed by atoms with Gasteiger partial charge in [-0.25, -0.2) is 9.78 Å². The number of rotatable bonds is 10. The van der Waals surface area contributed by atoms with Crippen LogP contribution in [0.3, 0.4) is 0 Å². The summed E-state index contributed by atoms with van der Waals surface area (Å²) in [6, 6.07) is 5.57. The highest BCUT2D eigenvalue weighted by Gasteiger charge is 2.18. The topological polar surface area (TPSA) is 71.9 Å². The lowest BCUT2D eigenvalue weighted by atomic mass is 10.2. The summed E-state index contributed by atoms with van der Waals surface area (Å²) >= 11 is 1.19. The number of carboxylic acids is 1. The standard InChI is InChI=1S/C19H26N2O4S/c1-5-14-17(19(22)23)26-18(20-14)13-8-9-15(24-4)16(12-13)25-11-10-21(6-2)7-3/h8-9,12H,5-7,10-11H2,1-4H3,(H,22,23). The Morgan fingerprint density at radius 1 is 1.23 bits per heavy atom. The normalized spacial score (nSPS) is 11.0. The molecule has 0 bridgehead atoms. The van der Waals surface area contributed by atoms with Crippen LogP contribution in [0.4, 0.5) is 0 Å². The summed E-state index contributed by atoms with van der Waals surface area (Å²) in [4.78, 5) is 18.4. The highest BCUT2D eigenvalue weighted by atomic mass is 32.1. The Balaban J connectivity index is 2.24. The smallest absolute Gasteiger partial charge is 0.347 e. The third-order valence-electron chi connectivity index (χ3n) is 4.20. The lowest BCUT2D eigenvalue weighted by Gasteiger charge is -2.19. The van der Waals surface area contributed by atoms with E-state index in [1.165, 1.54) is 11.3 Å². The number of aromatic nitrogens is 1. The first kappa shape index (κ1) is 20.2. The largest absolute Gasteiger partial charge is 0.493 e. The molecule has 2 aromatic rings. The number of carboxylic acid groups (broad SMARTS) is 1. The molecular weight excluding hydrogens is 352 g/mol. The maximum atomic E-state index is 11.4. The van der Waals surface area contributed by atoms with E-state index in [2.05, 4.69) is 23.7 Å². The average Bonchev–Trinajstić information content (AvgIpc) is 3.10. The second kappa shape index (κ2) is 9.54. The zero-order valence-corrected chi connectivity index (χ0v) is 16.6. The number of hydrogen-bond acceptors (Lipinski definition) is 6. The number of thiazole rings is 1. The zero-order chi connectivity index (χ0) is 19.1. The lowest BCUT2D eigenvalue weighted by Crippen LogP contribution is -2.27. The molecule has 0 amide bonds. The molecule has 2 rings (SSSR count). The Hall–Kier alpha value is -2.12. The van der Waals surface area contributed by atoms with Crippen LogP contribution in [0, 0.1) is 0 Å². The maximum Gasteiger partial charge on any atom is 0.347 e. The van der Waals surface area contributed by atoms with Crippen molar-refractivity contribution in [3.8, 4) is 22.1 Å². The number of hydrogen-bond donors (Lipinski definition) is 1. The van der Waals surface area contributed by atoms with E-state index in [1.807, 2.05) is 25.1 Å². The van der Waals surface area contributed by atoms with E-state index in [0.717, 1.165) is 25.2 Å². The average molecular weight is 378 g/mol. The Kier molecular flexibility index (Phi) is 7.41. The van der Waals surface area contributed by atoms with E-state index in [9.17, 15) is 9.90 Å². The maximum absolute atomic E-state index is 11.4. The second-order valence-corrected chi connectivity index (χ2v) is 6.69. The van der Waals surface area contributed by atoms with Gasteiger partial charge in [-0.15, -0.1) is 11.3 Å². The van der Waals surface area contributed by atoms with E-state index >= 15 is 0 Å². The molecule has 0 atom stereocenters. The number of benzene rings is 1. The molecule has 0 unspecified atom stereocenters. The Labute approximate surface area is 158 Å². The number of ether oxygens (including phenoxy) is 2. The predicted octanol–water partition coefficient (Wildman–Crippen LogP) is 3.80. The molecule has 26 heavy (non-hydrogen) atoms. The first-order valence-electron chi connectivity index (χ1n) is 8.80. The number of methoxy groups -OCH3 is 1. The van der Waals surface area contributed by atoms with E-state index < -0.39 is 5.97 Å². The highest BCUT2D eigenvalue weighted by Crippen LogP contribution is 2.35.